The second-order valence-corrected chi connectivity index (χ2v) is 4.05. The van der Waals surface area contributed by atoms with Crippen molar-refractivity contribution in [3.05, 3.63) is 0 Å². The first-order valence-electron chi connectivity index (χ1n) is 4.34. The Bertz CT molecular complexity index is 171. The fraction of sp³-hybridized carbons (Fsp3) is 0.889. The molecular weight excluding hydrogens is 195 g/mol. The highest BCUT2D eigenvalue weighted by atomic mass is 35.5. The minimum atomic E-state index is -0.453. The third kappa shape index (κ3) is 3.94. The number of hydrogen-bond donors (Lipinski definition) is 0. The van der Waals surface area contributed by atoms with E-state index in [4.69, 9.17) is 11.9 Å². The van der Waals surface area contributed by atoms with E-state index in [1.54, 1.807) is 6.92 Å². The Morgan fingerprint density at radius 3 is 2.54 bits per heavy atom. The minimum absolute atomic E-state index is 0.266. The van der Waals surface area contributed by atoms with E-state index in [2.05, 4.69) is 4.29 Å². The Balaban J connectivity index is 4.17. The van der Waals surface area contributed by atoms with E-state index in [0.717, 1.165) is 0 Å². The number of hydrogen-bond acceptors (Lipinski definition) is 2. The van der Waals surface area contributed by atoms with Crippen LogP contribution in [0.5, 0.6) is 0 Å². The van der Waals surface area contributed by atoms with Crippen LogP contribution in [0, 0.1) is 11.3 Å². The molecule has 0 aliphatic carbocycles. The zero-order valence-electron chi connectivity index (χ0n) is 8.27. The van der Waals surface area contributed by atoms with E-state index in [9.17, 15) is 9.18 Å². The summed E-state index contributed by atoms with van der Waals surface area (Å²) < 4.78 is 16.0. The Labute approximate surface area is 83.6 Å². The van der Waals surface area contributed by atoms with Gasteiger partial charge in [0.2, 0.25) is 0 Å². The lowest BCUT2D eigenvalue weighted by atomic mass is 9.76. The van der Waals surface area contributed by atoms with Crippen LogP contribution < -0.4 is 0 Å². The van der Waals surface area contributed by atoms with Crippen LogP contribution in [-0.4, -0.2) is 12.6 Å². The van der Waals surface area contributed by atoms with E-state index in [1.165, 1.54) is 0 Å². The Hall–Kier alpha value is -0.310. The zero-order valence-corrected chi connectivity index (χ0v) is 9.03. The highest BCUT2D eigenvalue weighted by Crippen LogP contribution is 2.32. The summed E-state index contributed by atoms with van der Waals surface area (Å²) in [5.74, 6) is -0.762. The summed E-state index contributed by atoms with van der Waals surface area (Å²) in [4.78, 5) is 11.1. The average molecular weight is 211 g/mol. The van der Waals surface area contributed by atoms with Gasteiger partial charge in [-0.3, -0.25) is 9.18 Å². The van der Waals surface area contributed by atoms with Crippen LogP contribution in [0.2, 0.25) is 0 Å². The van der Waals surface area contributed by atoms with Crippen LogP contribution in [0.4, 0.5) is 4.39 Å². The molecule has 0 saturated heterocycles. The molecule has 0 spiro atoms. The summed E-state index contributed by atoms with van der Waals surface area (Å²) in [6.45, 7) is 5.19. The summed E-state index contributed by atoms with van der Waals surface area (Å²) in [6.07, 6.45) is 1.11. The molecule has 0 aliphatic rings. The second-order valence-electron chi connectivity index (χ2n) is 3.90. The molecule has 0 bridgehead atoms. The lowest BCUT2D eigenvalue weighted by molar-refractivity contribution is -0.141. The van der Waals surface area contributed by atoms with Crippen molar-refractivity contribution in [3.63, 3.8) is 0 Å². The van der Waals surface area contributed by atoms with Gasteiger partial charge >= 0.3 is 5.97 Å². The van der Waals surface area contributed by atoms with Gasteiger partial charge in [-0.15, -0.1) is 0 Å². The smallest absolute Gasteiger partial charge is 0.328 e. The Morgan fingerprint density at radius 2 is 2.15 bits per heavy atom. The average Bonchev–Trinajstić information content (AvgIpc) is 2.12. The molecule has 2 nitrogen and oxygen atoms in total. The molecule has 0 aromatic carbocycles. The van der Waals surface area contributed by atoms with Crippen LogP contribution in [0.1, 0.15) is 33.6 Å². The summed E-state index contributed by atoms with van der Waals surface area (Å²) >= 11 is 4.96. The van der Waals surface area contributed by atoms with Gasteiger partial charge in [-0.25, -0.2) is 0 Å². The topological polar surface area (TPSA) is 26.3 Å². The maximum atomic E-state index is 11.9. The number of carbonyl (C=O) groups excluding carboxylic acids is 1. The SMILES string of the molecule is CC(C(=O)OCl)C(C)(C)CCCF. The van der Waals surface area contributed by atoms with Crippen LogP contribution in [-0.2, 0) is 9.08 Å². The molecule has 1 unspecified atom stereocenters. The standard InChI is InChI=1S/C9H16ClFO2/c1-7(8(12)13-10)9(2,3)5-4-6-11/h7H,4-6H2,1-3H3. The molecule has 0 aromatic rings. The van der Waals surface area contributed by atoms with Crippen molar-refractivity contribution in [1.29, 1.82) is 0 Å². The Morgan fingerprint density at radius 1 is 1.62 bits per heavy atom. The summed E-state index contributed by atoms with van der Waals surface area (Å²) in [6, 6.07) is 0. The van der Waals surface area contributed by atoms with Crippen LogP contribution in [0.3, 0.4) is 0 Å². The van der Waals surface area contributed by atoms with Gasteiger partial charge in [0.05, 0.1) is 12.6 Å². The quantitative estimate of drug-likeness (QED) is 0.697. The number of carbonyl (C=O) groups is 1. The minimum Gasteiger partial charge on any atom is -0.347 e. The second kappa shape index (κ2) is 5.43. The van der Waals surface area contributed by atoms with E-state index < -0.39 is 5.97 Å². The number of alkyl halides is 1. The van der Waals surface area contributed by atoms with E-state index in [-0.39, 0.29) is 18.0 Å². The maximum absolute atomic E-state index is 11.9. The third-order valence-corrected chi connectivity index (χ3v) is 2.71. The van der Waals surface area contributed by atoms with Gasteiger partial charge in [-0.05, 0) is 18.3 Å². The highest BCUT2D eigenvalue weighted by Gasteiger charge is 2.32. The van der Waals surface area contributed by atoms with Gasteiger partial charge in [0, 0.05) is 0 Å². The predicted octanol–water partition coefficient (Wildman–Crippen LogP) is 3.10. The van der Waals surface area contributed by atoms with Crippen molar-refractivity contribution < 1.29 is 13.5 Å². The molecule has 0 aliphatic heterocycles. The molecule has 1 atom stereocenters. The zero-order chi connectivity index (χ0) is 10.5. The normalized spacial score (nSPS) is 13.9. The van der Waals surface area contributed by atoms with Gasteiger partial charge in [-0.2, -0.15) is 0 Å². The molecular formula is C9H16ClFO2. The van der Waals surface area contributed by atoms with Crippen LogP contribution >= 0.6 is 11.9 Å². The largest absolute Gasteiger partial charge is 0.347 e. The summed E-state index contributed by atoms with van der Waals surface area (Å²) in [5, 5.41) is 0. The molecule has 0 amide bonds. The number of rotatable bonds is 5. The summed E-state index contributed by atoms with van der Waals surface area (Å²) in [5.41, 5.74) is -0.266. The van der Waals surface area contributed by atoms with Gasteiger partial charge in [0.15, 0.2) is 0 Å². The van der Waals surface area contributed by atoms with E-state index in [1.807, 2.05) is 13.8 Å². The molecule has 0 heterocycles. The lowest BCUT2D eigenvalue weighted by Gasteiger charge is -2.28. The molecule has 4 heteroatoms. The molecule has 0 aromatic heterocycles. The van der Waals surface area contributed by atoms with Crippen molar-refractivity contribution in [2.75, 3.05) is 6.67 Å². The third-order valence-electron chi connectivity index (χ3n) is 2.56. The first kappa shape index (κ1) is 12.7. The van der Waals surface area contributed by atoms with Crippen molar-refractivity contribution in [1.82, 2.24) is 0 Å². The van der Waals surface area contributed by atoms with E-state index in [0.29, 0.717) is 12.8 Å². The molecule has 0 fully saturated rings. The van der Waals surface area contributed by atoms with Crippen LogP contribution in [0.15, 0.2) is 0 Å². The van der Waals surface area contributed by atoms with Crippen LogP contribution in [0.25, 0.3) is 0 Å². The molecule has 0 N–H and O–H groups in total. The van der Waals surface area contributed by atoms with Crippen molar-refractivity contribution in [2.45, 2.75) is 33.6 Å². The van der Waals surface area contributed by atoms with Crippen molar-refractivity contribution in [2.24, 2.45) is 11.3 Å². The molecule has 0 rings (SSSR count). The van der Waals surface area contributed by atoms with Gasteiger partial charge in [0.1, 0.15) is 11.9 Å². The Kier molecular flexibility index (Phi) is 5.30. The lowest BCUT2D eigenvalue weighted by Crippen LogP contribution is -2.29. The summed E-state index contributed by atoms with van der Waals surface area (Å²) in [7, 11) is 0. The van der Waals surface area contributed by atoms with Crippen molar-refractivity contribution in [3.8, 4) is 0 Å². The monoisotopic (exact) mass is 210 g/mol. The van der Waals surface area contributed by atoms with Gasteiger partial charge in [-0.1, -0.05) is 20.8 Å². The first-order chi connectivity index (χ1) is 5.95. The molecule has 78 valence electrons. The molecule has 0 radical (unpaired) electrons. The van der Waals surface area contributed by atoms with Gasteiger partial charge in [0.25, 0.3) is 0 Å². The molecule has 13 heavy (non-hydrogen) atoms. The fourth-order valence-electron chi connectivity index (χ4n) is 1.12. The predicted molar refractivity (Wildman–Crippen MR) is 50.1 cm³/mol. The van der Waals surface area contributed by atoms with Gasteiger partial charge < -0.3 is 4.29 Å². The first-order valence-corrected chi connectivity index (χ1v) is 4.65. The van der Waals surface area contributed by atoms with Crippen molar-refractivity contribution >= 4 is 17.8 Å². The molecule has 0 saturated carbocycles. The van der Waals surface area contributed by atoms with E-state index >= 15 is 0 Å². The highest BCUT2D eigenvalue weighted by molar-refractivity contribution is 6.13. The maximum Gasteiger partial charge on any atom is 0.328 e. The fourth-order valence-corrected chi connectivity index (χ4v) is 1.26. The number of halogens is 2.